The van der Waals surface area contributed by atoms with Crippen molar-refractivity contribution >= 4 is 28.3 Å². The molecule has 3 aromatic rings. The van der Waals surface area contributed by atoms with Crippen LogP contribution in [0.1, 0.15) is 84.6 Å². The van der Waals surface area contributed by atoms with Crippen molar-refractivity contribution in [3.05, 3.63) is 77.4 Å². The molecule has 35 heavy (non-hydrogen) atoms. The summed E-state index contributed by atoms with van der Waals surface area (Å²) in [7, 11) is 0. The van der Waals surface area contributed by atoms with E-state index in [9.17, 15) is 9.59 Å². The van der Waals surface area contributed by atoms with Gasteiger partial charge in [-0.1, -0.05) is 62.6 Å². The average Bonchev–Trinajstić information content (AvgIpc) is 2.91. The third-order valence-corrected chi connectivity index (χ3v) is 7.94. The third kappa shape index (κ3) is 4.98. The molecule has 1 N–H and O–H groups in total. The SMILES string of the molecule is CCCCc1ccc(C(=O)Nc2ccc(C(=O)N3CCCC4CCCCC43)c3ccccc23)cc1. The van der Waals surface area contributed by atoms with E-state index in [0.29, 0.717) is 17.5 Å². The van der Waals surface area contributed by atoms with Crippen molar-refractivity contribution in [1.82, 2.24) is 4.90 Å². The molecule has 2 atom stereocenters. The topological polar surface area (TPSA) is 49.4 Å². The first-order valence-corrected chi connectivity index (χ1v) is 13.4. The number of anilines is 1. The van der Waals surface area contributed by atoms with Crippen LogP contribution in [0.3, 0.4) is 0 Å². The van der Waals surface area contributed by atoms with Gasteiger partial charge < -0.3 is 10.2 Å². The van der Waals surface area contributed by atoms with Gasteiger partial charge in [-0.3, -0.25) is 9.59 Å². The van der Waals surface area contributed by atoms with E-state index in [0.717, 1.165) is 60.7 Å². The van der Waals surface area contributed by atoms with Gasteiger partial charge in [0.15, 0.2) is 0 Å². The zero-order chi connectivity index (χ0) is 24.2. The van der Waals surface area contributed by atoms with Crippen molar-refractivity contribution in [1.29, 1.82) is 0 Å². The lowest BCUT2D eigenvalue weighted by molar-refractivity contribution is 0.0392. The molecule has 0 aromatic heterocycles. The van der Waals surface area contributed by atoms with Crippen LogP contribution in [0, 0.1) is 5.92 Å². The number of rotatable bonds is 6. The maximum Gasteiger partial charge on any atom is 0.255 e. The Hall–Kier alpha value is -3.14. The molecule has 4 heteroatoms. The second-order valence-corrected chi connectivity index (χ2v) is 10.2. The van der Waals surface area contributed by atoms with Gasteiger partial charge in [0.1, 0.15) is 0 Å². The predicted octanol–water partition coefficient (Wildman–Crippen LogP) is 7.23. The smallest absolute Gasteiger partial charge is 0.255 e. The van der Waals surface area contributed by atoms with E-state index in [1.54, 1.807) is 0 Å². The van der Waals surface area contributed by atoms with Crippen molar-refractivity contribution in [2.75, 3.05) is 11.9 Å². The number of piperidine rings is 1. The van der Waals surface area contributed by atoms with Gasteiger partial charge in [0.25, 0.3) is 11.8 Å². The summed E-state index contributed by atoms with van der Waals surface area (Å²) in [6.45, 7) is 3.03. The highest BCUT2D eigenvalue weighted by atomic mass is 16.2. The summed E-state index contributed by atoms with van der Waals surface area (Å²) in [6, 6.07) is 20.0. The minimum atomic E-state index is -0.127. The molecule has 1 heterocycles. The molecule has 2 unspecified atom stereocenters. The van der Waals surface area contributed by atoms with Crippen LogP contribution in [0.2, 0.25) is 0 Å². The molecule has 4 nitrogen and oxygen atoms in total. The zero-order valence-corrected chi connectivity index (χ0v) is 20.8. The molecule has 1 aliphatic carbocycles. The number of carbonyl (C=O) groups excluding carboxylic acids is 2. The molecule has 3 aromatic carbocycles. The van der Waals surface area contributed by atoms with Crippen LogP contribution in [0.15, 0.2) is 60.7 Å². The van der Waals surface area contributed by atoms with E-state index in [1.807, 2.05) is 60.7 Å². The average molecular weight is 469 g/mol. The van der Waals surface area contributed by atoms with Crippen LogP contribution in [0.4, 0.5) is 5.69 Å². The van der Waals surface area contributed by atoms with Gasteiger partial charge in [-0.05, 0) is 79.7 Å². The summed E-state index contributed by atoms with van der Waals surface area (Å²) in [5.41, 5.74) is 3.39. The Morgan fingerprint density at radius 2 is 1.63 bits per heavy atom. The summed E-state index contributed by atoms with van der Waals surface area (Å²) < 4.78 is 0. The van der Waals surface area contributed by atoms with Gasteiger partial charge in [-0.25, -0.2) is 0 Å². The summed E-state index contributed by atoms with van der Waals surface area (Å²) in [6.07, 6.45) is 10.6. The van der Waals surface area contributed by atoms with Gasteiger partial charge in [0.05, 0.1) is 0 Å². The fourth-order valence-electron chi connectivity index (χ4n) is 6.02. The van der Waals surface area contributed by atoms with Crippen LogP contribution in [0.25, 0.3) is 10.8 Å². The quantitative estimate of drug-likeness (QED) is 0.415. The molecule has 0 spiro atoms. The first kappa shape index (κ1) is 23.6. The molecule has 2 aliphatic rings. The molecule has 182 valence electrons. The van der Waals surface area contributed by atoms with Crippen LogP contribution < -0.4 is 5.32 Å². The number of aryl methyl sites for hydroxylation is 1. The minimum absolute atomic E-state index is 0.127. The van der Waals surface area contributed by atoms with Crippen molar-refractivity contribution < 1.29 is 9.59 Å². The largest absolute Gasteiger partial charge is 0.335 e. The maximum absolute atomic E-state index is 13.8. The monoisotopic (exact) mass is 468 g/mol. The Labute approximate surface area is 208 Å². The zero-order valence-electron chi connectivity index (χ0n) is 20.8. The number of carbonyl (C=O) groups is 2. The lowest BCUT2D eigenvalue weighted by atomic mass is 9.78. The van der Waals surface area contributed by atoms with E-state index in [2.05, 4.69) is 17.1 Å². The molecular formula is C31H36N2O2. The molecule has 1 saturated heterocycles. The number of unbranched alkanes of at least 4 members (excludes halogenated alkanes) is 1. The fraction of sp³-hybridized carbons (Fsp3) is 0.419. The molecular weight excluding hydrogens is 432 g/mol. The first-order chi connectivity index (χ1) is 17.2. The summed E-state index contributed by atoms with van der Waals surface area (Å²) in [5, 5.41) is 4.90. The van der Waals surface area contributed by atoms with E-state index in [1.165, 1.54) is 31.2 Å². The molecule has 0 bridgehead atoms. The summed E-state index contributed by atoms with van der Waals surface area (Å²) >= 11 is 0. The van der Waals surface area contributed by atoms with Crippen LogP contribution >= 0.6 is 0 Å². The highest BCUT2D eigenvalue weighted by Crippen LogP contribution is 2.37. The number of nitrogens with zero attached hydrogens (tertiary/aromatic N) is 1. The molecule has 1 saturated carbocycles. The van der Waals surface area contributed by atoms with Crippen LogP contribution in [-0.2, 0) is 6.42 Å². The van der Waals surface area contributed by atoms with Gasteiger partial charge >= 0.3 is 0 Å². The van der Waals surface area contributed by atoms with Crippen molar-refractivity contribution in [2.24, 2.45) is 5.92 Å². The lowest BCUT2D eigenvalue weighted by Crippen LogP contribution is -2.49. The standard InChI is InChI=1S/C31H36N2O2/c1-2-3-9-22-15-17-24(18-16-22)30(34)32-28-20-19-27(25-12-5-6-13-26(25)28)31(35)33-21-8-11-23-10-4-7-14-29(23)33/h5-6,12-13,15-20,23,29H,2-4,7-11,14,21H2,1H3,(H,32,34). The number of fused-ring (bicyclic) bond motifs is 2. The number of nitrogens with one attached hydrogen (secondary N) is 1. The third-order valence-electron chi connectivity index (χ3n) is 7.94. The number of benzene rings is 3. The predicted molar refractivity (Wildman–Crippen MR) is 143 cm³/mol. The minimum Gasteiger partial charge on any atom is -0.335 e. The maximum atomic E-state index is 13.8. The van der Waals surface area contributed by atoms with E-state index >= 15 is 0 Å². The lowest BCUT2D eigenvalue weighted by Gasteiger charge is -2.44. The Morgan fingerprint density at radius 3 is 2.43 bits per heavy atom. The Morgan fingerprint density at radius 1 is 0.886 bits per heavy atom. The first-order valence-electron chi connectivity index (χ1n) is 13.4. The van der Waals surface area contributed by atoms with Gasteiger partial charge in [0, 0.05) is 34.8 Å². The summed E-state index contributed by atoms with van der Waals surface area (Å²) in [4.78, 5) is 28.9. The fourth-order valence-corrected chi connectivity index (χ4v) is 6.02. The molecule has 1 aliphatic heterocycles. The molecule has 0 radical (unpaired) electrons. The summed E-state index contributed by atoms with van der Waals surface area (Å²) in [5.74, 6) is 0.662. The molecule has 2 fully saturated rings. The van der Waals surface area contributed by atoms with Crippen molar-refractivity contribution in [3.8, 4) is 0 Å². The number of likely N-dealkylation sites (tertiary alicyclic amines) is 1. The normalized spacial score (nSPS) is 19.9. The highest BCUT2D eigenvalue weighted by molar-refractivity contribution is 6.14. The van der Waals surface area contributed by atoms with Crippen molar-refractivity contribution in [3.63, 3.8) is 0 Å². The van der Waals surface area contributed by atoms with E-state index < -0.39 is 0 Å². The Kier molecular flexibility index (Phi) is 7.17. The van der Waals surface area contributed by atoms with Crippen molar-refractivity contribution in [2.45, 2.75) is 70.8 Å². The van der Waals surface area contributed by atoms with E-state index in [-0.39, 0.29) is 11.8 Å². The molecule has 2 amide bonds. The van der Waals surface area contributed by atoms with Crippen LogP contribution in [0.5, 0.6) is 0 Å². The Bertz CT molecular complexity index is 1200. The second-order valence-electron chi connectivity index (χ2n) is 10.2. The van der Waals surface area contributed by atoms with Gasteiger partial charge in [-0.15, -0.1) is 0 Å². The van der Waals surface area contributed by atoms with Crippen LogP contribution in [-0.4, -0.2) is 29.3 Å². The molecule has 5 rings (SSSR count). The second kappa shape index (κ2) is 10.6. The highest BCUT2D eigenvalue weighted by Gasteiger charge is 2.36. The van der Waals surface area contributed by atoms with E-state index in [4.69, 9.17) is 0 Å². The number of hydrogen-bond acceptors (Lipinski definition) is 2. The van der Waals surface area contributed by atoms with Gasteiger partial charge in [0.2, 0.25) is 0 Å². The number of hydrogen-bond donors (Lipinski definition) is 1. The number of amides is 2. The Balaban J connectivity index is 1.39. The van der Waals surface area contributed by atoms with Gasteiger partial charge in [-0.2, -0.15) is 0 Å².